The lowest BCUT2D eigenvalue weighted by molar-refractivity contribution is 0.867. The van der Waals surface area contributed by atoms with Gasteiger partial charge >= 0.3 is 0 Å². The van der Waals surface area contributed by atoms with E-state index in [4.69, 9.17) is 5.26 Å². The molecule has 56 valence electrons. The van der Waals surface area contributed by atoms with E-state index in [1.807, 2.05) is 0 Å². The van der Waals surface area contributed by atoms with Gasteiger partial charge in [-0.25, -0.2) is 9.97 Å². The quantitative estimate of drug-likeness (QED) is 0.633. The van der Waals surface area contributed by atoms with Crippen LogP contribution in [0.3, 0.4) is 0 Å². The minimum absolute atomic E-state index is 0.592. The average Bonchev–Trinajstić information content (AvgIpc) is 2.06. The molecule has 0 N–H and O–H groups in total. The first-order valence-corrected chi connectivity index (χ1v) is 3.57. The third kappa shape index (κ3) is 1.74. The van der Waals surface area contributed by atoms with E-state index in [9.17, 15) is 0 Å². The maximum atomic E-state index is 8.62. The fourth-order valence-corrected chi connectivity index (χ4v) is 0.884. The summed E-state index contributed by atoms with van der Waals surface area (Å²) in [6.45, 7) is 2.06. The zero-order valence-electron chi connectivity index (χ0n) is 6.41. The van der Waals surface area contributed by atoms with Gasteiger partial charge < -0.3 is 0 Å². The van der Waals surface area contributed by atoms with Gasteiger partial charge in [-0.3, -0.25) is 0 Å². The SMILES string of the molecule is CCCc1ncncc1C#N. The Morgan fingerprint density at radius 1 is 1.64 bits per heavy atom. The maximum absolute atomic E-state index is 8.62. The lowest BCUT2D eigenvalue weighted by Crippen LogP contribution is -1.94. The van der Waals surface area contributed by atoms with E-state index in [1.54, 1.807) is 6.20 Å². The van der Waals surface area contributed by atoms with Crippen molar-refractivity contribution < 1.29 is 0 Å². The first-order chi connectivity index (χ1) is 5.38. The summed E-state index contributed by atoms with van der Waals surface area (Å²) in [4.78, 5) is 7.77. The Hall–Kier alpha value is -1.43. The van der Waals surface area contributed by atoms with Crippen LogP contribution < -0.4 is 0 Å². The Balaban J connectivity index is 2.95. The minimum Gasteiger partial charge on any atom is -0.243 e. The predicted octanol–water partition coefficient (Wildman–Crippen LogP) is 1.30. The van der Waals surface area contributed by atoms with Crippen molar-refractivity contribution in [1.82, 2.24) is 9.97 Å². The van der Waals surface area contributed by atoms with Crippen LogP contribution in [0.15, 0.2) is 12.5 Å². The van der Waals surface area contributed by atoms with E-state index < -0.39 is 0 Å². The van der Waals surface area contributed by atoms with Crippen LogP contribution in [0.25, 0.3) is 0 Å². The molecule has 0 atom stereocenters. The molecule has 11 heavy (non-hydrogen) atoms. The normalized spacial score (nSPS) is 9.09. The van der Waals surface area contributed by atoms with Gasteiger partial charge in [-0.2, -0.15) is 5.26 Å². The molecular weight excluding hydrogens is 138 g/mol. The van der Waals surface area contributed by atoms with E-state index in [2.05, 4.69) is 23.0 Å². The summed E-state index contributed by atoms with van der Waals surface area (Å²) in [5.74, 6) is 0. The number of hydrogen-bond donors (Lipinski definition) is 0. The topological polar surface area (TPSA) is 49.6 Å². The van der Waals surface area contributed by atoms with Crippen molar-refractivity contribution in [3.05, 3.63) is 23.8 Å². The zero-order valence-corrected chi connectivity index (χ0v) is 6.41. The molecule has 0 radical (unpaired) electrons. The summed E-state index contributed by atoms with van der Waals surface area (Å²) in [5.41, 5.74) is 1.44. The monoisotopic (exact) mass is 147 g/mol. The first kappa shape index (κ1) is 7.67. The minimum atomic E-state index is 0.592. The van der Waals surface area contributed by atoms with E-state index in [0.29, 0.717) is 5.56 Å². The Morgan fingerprint density at radius 3 is 3.09 bits per heavy atom. The van der Waals surface area contributed by atoms with Crippen molar-refractivity contribution >= 4 is 0 Å². The molecule has 0 bridgehead atoms. The van der Waals surface area contributed by atoms with Crippen molar-refractivity contribution in [2.24, 2.45) is 0 Å². The van der Waals surface area contributed by atoms with Crippen LogP contribution in [-0.2, 0) is 6.42 Å². The van der Waals surface area contributed by atoms with Crippen molar-refractivity contribution in [1.29, 1.82) is 5.26 Å². The van der Waals surface area contributed by atoms with Crippen LogP contribution >= 0.6 is 0 Å². The molecule has 0 aliphatic heterocycles. The first-order valence-electron chi connectivity index (χ1n) is 3.57. The highest BCUT2D eigenvalue weighted by atomic mass is 14.8. The molecule has 0 aliphatic rings. The molecule has 3 nitrogen and oxygen atoms in total. The molecular formula is C8H9N3. The standard InChI is InChI=1S/C8H9N3/c1-2-3-8-7(4-9)5-10-6-11-8/h5-6H,2-3H2,1H3. The summed E-state index contributed by atoms with van der Waals surface area (Å²) in [5, 5.41) is 8.62. The lowest BCUT2D eigenvalue weighted by atomic mass is 10.2. The number of nitrogens with zero attached hydrogens (tertiary/aromatic N) is 3. The van der Waals surface area contributed by atoms with E-state index in [1.165, 1.54) is 6.33 Å². The van der Waals surface area contributed by atoms with Crippen molar-refractivity contribution in [3.8, 4) is 6.07 Å². The van der Waals surface area contributed by atoms with E-state index in [0.717, 1.165) is 18.5 Å². The summed E-state index contributed by atoms with van der Waals surface area (Å²) < 4.78 is 0. The van der Waals surface area contributed by atoms with Crippen LogP contribution in [0.5, 0.6) is 0 Å². The Bertz CT molecular complexity index is 275. The van der Waals surface area contributed by atoms with Crippen molar-refractivity contribution in [2.75, 3.05) is 0 Å². The third-order valence-electron chi connectivity index (χ3n) is 1.40. The molecule has 0 aliphatic carbocycles. The Kier molecular flexibility index (Phi) is 2.56. The molecule has 0 fully saturated rings. The van der Waals surface area contributed by atoms with Gasteiger partial charge in [-0.15, -0.1) is 0 Å². The van der Waals surface area contributed by atoms with Crippen LogP contribution in [0.1, 0.15) is 24.6 Å². The molecule has 0 saturated carbocycles. The summed E-state index contributed by atoms with van der Waals surface area (Å²) >= 11 is 0. The predicted molar refractivity (Wildman–Crippen MR) is 40.7 cm³/mol. The van der Waals surface area contributed by atoms with Gasteiger partial charge in [0.05, 0.1) is 11.3 Å². The number of rotatable bonds is 2. The molecule has 0 saturated heterocycles. The van der Waals surface area contributed by atoms with Crippen LogP contribution in [0.2, 0.25) is 0 Å². The van der Waals surface area contributed by atoms with Gasteiger partial charge in [0.25, 0.3) is 0 Å². The lowest BCUT2D eigenvalue weighted by Gasteiger charge is -1.96. The van der Waals surface area contributed by atoms with Crippen LogP contribution in [-0.4, -0.2) is 9.97 Å². The number of aryl methyl sites for hydroxylation is 1. The molecule has 1 rings (SSSR count). The second-order valence-corrected chi connectivity index (χ2v) is 2.24. The largest absolute Gasteiger partial charge is 0.243 e. The summed E-state index contributed by atoms with van der Waals surface area (Å²) in [6, 6.07) is 2.06. The molecule has 1 aromatic rings. The molecule has 0 amide bonds. The second-order valence-electron chi connectivity index (χ2n) is 2.24. The highest BCUT2D eigenvalue weighted by molar-refractivity contribution is 5.29. The third-order valence-corrected chi connectivity index (χ3v) is 1.40. The maximum Gasteiger partial charge on any atom is 0.115 e. The van der Waals surface area contributed by atoms with Gasteiger partial charge in [-0.1, -0.05) is 13.3 Å². The molecule has 1 aromatic heterocycles. The summed E-state index contributed by atoms with van der Waals surface area (Å²) in [6.07, 6.45) is 4.89. The molecule has 3 heteroatoms. The summed E-state index contributed by atoms with van der Waals surface area (Å²) in [7, 11) is 0. The van der Waals surface area contributed by atoms with Gasteiger partial charge in [0.2, 0.25) is 0 Å². The zero-order chi connectivity index (χ0) is 8.10. The van der Waals surface area contributed by atoms with Crippen molar-refractivity contribution in [2.45, 2.75) is 19.8 Å². The van der Waals surface area contributed by atoms with Crippen molar-refractivity contribution in [3.63, 3.8) is 0 Å². The van der Waals surface area contributed by atoms with Crippen LogP contribution in [0, 0.1) is 11.3 Å². The number of aromatic nitrogens is 2. The molecule has 0 aromatic carbocycles. The molecule has 0 spiro atoms. The smallest absolute Gasteiger partial charge is 0.115 e. The van der Waals surface area contributed by atoms with Gasteiger partial charge in [0.15, 0.2) is 0 Å². The fraction of sp³-hybridized carbons (Fsp3) is 0.375. The van der Waals surface area contributed by atoms with Gasteiger partial charge in [-0.05, 0) is 6.42 Å². The van der Waals surface area contributed by atoms with Gasteiger partial charge in [0, 0.05) is 6.20 Å². The number of nitriles is 1. The molecule has 0 unspecified atom stereocenters. The fourth-order valence-electron chi connectivity index (χ4n) is 0.884. The highest BCUT2D eigenvalue weighted by Gasteiger charge is 1.99. The Labute approximate surface area is 65.7 Å². The average molecular weight is 147 g/mol. The van der Waals surface area contributed by atoms with E-state index in [-0.39, 0.29) is 0 Å². The number of hydrogen-bond acceptors (Lipinski definition) is 3. The van der Waals surface area contributed by atoms with Crippen LogP contribution in [0.4, 0.5) is 0 Å². The molecule has 1 heterocycles. The highest BCUT2D eigenvalue weighted by Crippen LogP contribution is 2.03. The van der Waals surface area contributed by atoms with E-state index >= 15 is 0 Å². The Morgan fingerprint density at radius 2 is 2.45 bits per heavy atom. The second kappa shape index (κ2) is 3.67. The van der Waals surface area contributed by atoms with Gasteiger partial charge in [0.1, 0.15) is 12.4 Å².